The van der Waals surface area contributed by atoms with E-state index in [1.54, 1.807) is 11.7 Å². The minimum Gasteiger partial charge on any atom is -0.493 e. The molecule has 3 aromatic carbocycles. The molecule has 0 radical (unpaired) electrons. The summed E-state index contributed by atoms with van der Waals surface area (Å²) in [5.74, 6) is 4.51. The van der Waals surface area contributed by atoms with Crippen molar-refractivity contribution in [2.75, 3.05) is 38.3 Å². The van der Waals surface area contributed by atoms with Gasteiger partial charge in [-0.2, -0.15) is 16.1 Å². The van der Waals surface area contributed by atoms with E-state index < -0.39 is 0 Å². The number of nitrogens with zero attached hydrogens (tertiary/aromatic N) is 6. The number of fused-ring (bicyclic) bond motifs is 4. The quantitative estimate of drug-likeness (QED) is 0.138. The highest BCUT2D eigenvalue weighted by Gasteiger charge is 2.35. The Labute approximate surface area is 348 Å². The number of likely N-dealkylation sites (tertiary alicyclic amines) is 1. The van der Waals surface area contributed by atoms with Gasteiger partial charge in [0.25, 0.3) is 11.5 Å². The Kier molecular flexibility index (Phi) is 10.8. The second-order valence-corrected chi connectivity index (χ2v) is 17.9. The Morgan fingerprint density at radius 3 is 2.45 bits per heavy atom. The Balaban J connectivity index is 0.967. The Bertz CT molecular complexity index is 2640. The summed E-state index contributed by atoms with van der Waals surface area (Å²) in [6.45, 7) is 5.61. The molecule has 0 aliphatic carbocycles. The molecule has 0 spiro atoms. The zero-order valence-corrected chi connectivity index (χ0v) is 35.1. The summed E-state index contributed by atoms with van der Waals surface area (Å²) in [7, 11) is 1.66. The lowest BCUT2D eigenvalue weighted by molar-refractivity contribution is 0.0691. The predicted octanol–water partition coefficient (Wildman–Crippen LogP) is 7.68. The average Bonchev–Trinajstić information content (AvgIpc) is 3.93. The van der Waals surface area contributed by atoms with Crippen LogP contribution in [0.3, 0.4) is 0 Å². The fourth-order valence-corrected chi connectivity index (χ4v) is 11.5. The van der Waals surface area contributed by atoms with Gasteiger partial charge in [-0.25, -0.2) is 9.78 Å². The number of aliphatic imine (C=N–C) groups is 1. The lowest BCUT2D eigenvalue weighted by Crippen LogP contribution is -2.46. The van der Waals surface area contributed by atoms with Crippen LogP contribution < -0.4 is 20.7 Å². The second kappa shape index (κ2) is 16.3. The third-order valence-corrected chi connectivity index (χ3v) is 14.5. The van der Waals surface area contributed by atoms with Gasteiger partial charge in [0.05, 0.1) is 37.5 Å². The topological polar surface area (TPSA) is 121 Å². The molecule has 2 atom stereocenters. The number of aromatic nitrogens is 4. The van der Waals surface area contributed by atoms with Crippen LogP contribution in [-0.4, -0.2) is 79.4 Å². The molecule has 14 heteroatoms. The summed E-state index contributed by atoms with van der Waals surface area (Å²) < 4.78 is 19.8. The fraction of sp³-hybridized carbons (Fsp3) is 0.364. The summed E-state index contributed by atoms with van der Waals surface area (Å²) in [4.78, 5) is 55.2. The number of hydrogen-bond donors (Lipinski definition) is 0. The van der Waals surface area contributed by atoms with E-state index in [0.717, 1.165) is 61.8 Å². The summed E-state index contributed by atoms with van der Waals surface area (Å²) in [5.41, 5.74) is 5.69. The number of methoxy groups -OCH3 is 1. The lowest BCUT2D eigenvalue weighted by Gasteiger charge is -2.35. The van der Waals surface area contributed by atoms with Crippen LogP contribution in [0.2, 0.25) is 0 Å². The number of hydrogen-bond acceptors (Lipinski definition) is 11. The Morgan fingerprint density at radius 1 is 0.931 bits per heavy atom. The van der Waals surface area contributed by atoms with Gasteiger partial charge in [0.2, 0.25) is 0 Å². The Morgan fingerprint density at radius 2 is 1.72 bits per heavy atom. The van der Waals surface area contributed by atoms with Gasteiger partial charge >= 0.3 is 5.69 Å². The largest absolute Gasteiger partial charge is 0.493 e. The van der Waals surface area contributed by atoms with E-state index >= 15 is 0 Å². The summed E-state index contributed by atoms with van der Waals surface area (Å²) in [6.07, 6.45) is 2.69. The number of rotatable bonds is 10. The zero-order chi connectivity index (χ0) is 39.9. The number of thiophene rings is 1. The van der Waals surface area contributed by atoms with Crippen LogP contribution in [-0.2, 0) is 13.0 Å². The highest BCUT2D eigenvalue weighted by Crippen LogP contribution is 2.44. The molecule has 0 unspecified atom stereocenters. The van der Waals surface area contributed by atoms with Crippen molar-refractivity contribution in [1.82, 2.24) is 23.4 Å². The van der Waals surface area contributed by atoms with Crippen LogP contribution in [0.1, 0.15) is 83.0 Å². The van der Waals surface area contributed by atoms with Gasteiger partial charge in [-0.3, -0.25) is 23.7 Å². The van der Waals surface area contributed by atoms with Crippen LogP contribution in [0.4, 0.5) is 0 Å². The standard InChI is InChI=1S/C44H44N6O5S3/c1-4-38-46-39(58-47-38)24-49-34-23-37(26-9-7-6-8-10-26)57-41(34)43(52)50(44(49)53)29-15-18-48(19-16-29)42(51)28-13-11-27(12-14-28)40-31-22-35(54-3)36(55-5-2)21-30(31)32-25-56-20-17-33(32)45-40/h6-14,21-23,29,32-33H,4-5,15-20,24-25H2,1-3H3/t32-,33-/m1/s1. The first-order valence-electron chi connectivity index (χ1n) is 19.9. The van der Waals surface area contributed by atoms with E-state index in [2.05, 4.69) is 21.5 Å². The second-order valence-electron chi connectivity index (χ2n) is 14.8. The Hall–Kier alpha value is -5.05. The molecule has 0 bridgehead atoms. The first-order chi connectivity index (χ1) is 28.3. The number of thioether (sulfide) groups is 1. The van der Waals surface area contributed by atoms with Crippen molar-refractivity contribution in [3.63, 3.8) is 0 Å². The first kappa shape index (κ1) is 38.5. The smallest absolute Gasteiger partial charge is 0.332 e. The number of carbonyl (C=O) groups is 1. The minimum atomic E-state index is -0.360. The highest BCUT2D eigenvalue weighted by molar-refractivity contribution is 7.99. The molecule has 6 aromatic rings. The van der Waals surface area contributed by atoms with E-state index in [1.807, 2.05) is 91.2 Å². The molecule has 3 aliphatic rings. The van der Waals surface area contributed by atoms with Crippen LogP contribution in [0.15, 0.2) is 87.4 Å². The molecular formula is C44H44N6O5S3. The molecule has 9 rings (SSSR count). The summed E-state index contributed by atoms with van der Waals surface area (Å²) >= 11 is 4.66. The van der Waals surface area contributed by atoms with Gasteiger partial charge in [0, 0.05) is 58.8 Å². The van der Waals surface area contributed by atoms with E-state index in [0.29, 0.717) is 66.4 Å². The molecule has 1 amide bonds. The first-order valence-corrected chi connectivity index (χ1v) is 22.7. The molecule has 2 fully saturated rings. The molecule has 298 valence electrons. The number of piperidine rings is 1. The highest BCUT2D eigenvalue weighted by atomic mass is 32.2. The van der Waals surface area contributed by atoms with Crippen molar-refractivity contribution in [3.05, 3.63) is 127 Å². The zero-order valence-electron chi connectivity index (χ0n) is 32.7. The monoisotopic (exact) mass is 832 g/mol. The molecule has 3 aliphatic heterocycles. The van der Waals surface area contributed by atoms with E-state index in [9.17, 15) is 14.4 Å². The normalized spacial score (nSPS) is 18.1. The lowest BCUT2D eigenvalue weighted by atomic mass is 9.81. The third kappa shape index (κ3) is 7.08. The fourth-order valence-electron chi connectivity index (χ4n) is 8.46. The number of aryl methyl sites for hydroxylation is 1. The van der Waals surface area contributed by atoms with Gasteiger partial charge in [-0.15, -0.1) is 11.3 Å². The molecule has 6 heterocycles. The molecule has 0 N–H and O–H groups in total. The summed E-state index contributed by atoms with van der Waals surface area (Å²) in [5, 5.41) is 0.719. The van der Waals surface area contributed by atoms with Crippen LogP contribution in [0.25, 0.3) is 20.7 Å². The molecule has 58 heavy (non-hydrogen) atoms. The van der Waals surface area contributed by atoms with Gasteiger partial charge < -0.3 is 14.4 Å². The maximum Gasteiger partial charge on any atom is 0.332 e. The molecular weight excluding hydrogens is 789 g/mol. The van der Waals surface area contributed by atoms with Crippen molar-refractivity contribution < 1.29 is 14.3 Å². The van der Waals surface area contributed by atoms with Crippen molar-refractivity contribution in [2.45, 2.75) is 64.1 Å². The van der Waals surface area contributed by atoms with Gasteiger partial charge in [-0.1, -0.05) is 49.4 Å². The number of carbonyl (C=O) groups excluding carboxylic acids is 1. The molecule has 0 saturated carbocycles. The van der Waals surface area contributed by atoms with Crippen molar-refractivity contribution >= 4 is 56.5 Å². The van der Waals surface area contributed by atoms with Crippen molar-refractivity contribution in [2.24, 2.45) is 4.99 Å². The van der Waals surface area contributed by atoms with Gasteiger partial charge in [-0.05, 0) is 84.9 Å². The number of ether oxygens (including phenoxy) is 2. The molecule has 3 aromatic heterocycles. The third-order valence-electron chi connectivity index (χ3n) is 11.5. The van der Waals surface area contributed by atoms with Gasteiger partial charge in [0.1, 0.15) is 15.5 Å². The van der Waals surface area contributed by atoms with Crippen LogP contribution in [0.5, 0.6) is 11.5 Å². The van der Waals surface area contributed by atoms with Crippen molar-refractivity contribution in [1.29, 1.82) is 0 Å². The summed E-state index contributed by atoms with van der Waals surface area (Å²) in [6, 6.07) is 23.6. The minimum absolute atomic E-state index is 0.0719. The average molecular weight is 833 g/mol. The maximum atomic E-state index is 14.3. The molecule has 2 saturated heterocycles. The predicted molar refractivity (Wildman–Crippen MR) is 233 cm³/mol. The van der Waals surface area contributed by atoms with Crippen LogP contribution in [0, 0.1) is 0 Å². The molecule has 11 nitrogen and oxygen atoms in total. The van der Waals surface area contributed by atoms with Crippen molar-refractivity contribution in [3.8, 4) is 21.9 Å². The maximum absolute atomic E-state index is 14.3. The van der Waals surface area contributed by atoms with Crippen LogP contribution >= 0.6 is 34.6 Å². The number of benzene rings is 3. The SMILES string of the molecule is CCOc1cc2c(cc1OC)C(c1ccc(C(=O)N3CCC(n4c(=O)c5sc(-c6ccccc6)cc5n(Cc5nc(CC)ns5)c4=O)CC3)cc1)=N[C@@H]1CCSC[C@H]21. The van der Waals surface area contributed by atoms with E-state index in [1.165, 1.54) is 33.0 Å². The van der Waals surface area contributed by atoms with E-state index in [-0.39, 0.29) is 35.8 Å². The number of amides is 1. The van der Waals surface area contributed by atoms with Gasteiger partial charge in [0.15, 0.2) is 11.5 Å². The van der Waals surface area contributed by atoms with E-state index in [4.69, 9.17) is 14.5 Å².